The average Bonchev–Trinajstić information content (AvgIpc) is 3.66. The van der Waals surface area contributed by atoms with Crippen LogP contribution >= 0.6 is 11.3 Å². The van der Waals surface area contributed by atoms with Crippen LogP contribution < -0.4 is 4.74 Å². The molecule has 208 valence electrons. The Morgan fingerprint density at radius 2 is 1.27 bits per heavy atom. The molecule has 7 aromatic carbocycles. The molecule has 0 bridgehead atoms. The maximum Gasteiger partial charge on any atom is 0.235 e. The summed E-state index contributed by atoms with van der Waals surface area (Å²) >= 11 is 1.85. The van der Waals surface area contributed by atoms with E-state index >= 15 is 0 Å². The maximum atomic E-state index is 6.32. The molecule has 4 heterocycles. The predicted molar refractivity (Wildman–Crippen MR) is 187 cm³/mol. The van der Waals surface area contributed by atoms with E-state index in [0.717, 1.165) is 44.7 Å². The largest absolute Gasteiger partial charge is 0.456 e. The van der Waals surface area contributed by atoms with Gasteiger partial charge in [-0.05, 0) is 57.9 Å². The molecular formula is C40H21N3OS. The lowest BCUT2D eigenvalue weighted by Gasteiger charge is -2.21. The Kier molecular flexibility index (Phi) is 4.43. The molecule has 0 saturated heterocycles. The van der Waals surface area contributed by atoms with Crippen LogP contribution in [0.5, 0.6) is 11.5 Å². The van der Waals surface area contributed by atoms with E-state index in [9.17, 15) is 0 Å². The highest BCUT2D eigenvalue weighted by molar-refractivity contribution is 7.27. The molecule has 10 aromatic rings. The Balaban J connectivity index is 1.42. The highest BCUT2D eigenvalue weighted by Gasteiger charge is 2.27. The van der Waals surface area contributed by atoms with Crippen LogP contribution in [0.3, 0.4) is 0 Å². The molecule has 1 aliphatic heterocycles. The van der Waals surface area contributed by atoms with Gasteiger partial charge in [-0.3, -0.25) is 4.57 Å². The van der Waals surface area contributed by atoms with Crippen molar-refractivity contribution in [2.75, 3.05) is 0 Å². The lowest BCUT2D eigenvalue weighted by Crippen LogP contribution is -2.06. The van der Waals surface area contributed by atoms with E-state index in [4.69, 9.17) is 14.7 Å². The Labute approximate surface area is 260 Å². The van der Waals surface area contributed by atoms with Gasteiger partial charge in [-0.25, -0.2) is 9.97 Å². The zero-order chi connectivity index (χ0) is 29.2. The molecular weight excluding hydrogens is 571 g/mol. The number of hydrogen-bond acceptors (Lipinski definition) is 4. The minimum atomic E-state index is 0.663. The van der Waals surface area contributed by atoms with Gasteiger partial charge in [0.2, 0.25) is 5.95 Å². The molecule has 0 atom stereocenters. The van der Waals surface area contributed by atoms with Crippen LogP contribution in [-0.4, -0.2) is 14.5 Å². The van der Waals surface area contributed by atoms with Crippen molar-refractivity contribution in [3.63, 3.8) is 0 Å². The number of aromatic nitrogens is 3. The molecule has 0 aliphatic carbocycles. The van der Waals surface area contributed by atoms with Crippen LogP contribution in [0.15, 0.2) is 127 Å². The molecule has 1 aliphatic rings. The fraction of sp³-hybridized carbons (Fsp3) is 0. The smallest absolute Gasteiger partial charge is 0.235 e. The molecule has 11 rings (SSSR count). The summed E-state index contributed by atoms with van der Waals surface area (Å²) in [5.41, 5.74) is 5.00. The van der Waals surface area contributed by atoms with Crippen molar-refractivity contribution in [3.05, 3.63) is 127 Å². The van der Waals surface area contributed by atoms with Gasteiger partial charge in [-0.1, -0.05) is 91.0 Å². The molecule has 4 nitrogen and oxygen atoms in total. The fourth-order valence-corrected chi connectivity index (χ4v) is 8.79. The number of fused-ring (bicyclic) bond motifs is 14. The summed E-state index contributed by atoms with van der Waals surface area (Å²) in [6, 6.07) is 45.1. The first-order valence-electron chi connectivity index (χ1n) is 15.1. The number of benzene rings is 7. The first-order valence-corrected chi connectivity index (χ1v) is 15.9. The predicted octanol–water partition coefficient (Wildman–Crippen LogP) is 11.2. The summed E-state index contributed by atoms with van der Waals surface area (Å²) in [5, 5.41) is 10.9. The fourth-order valence-electron chi connectivity index (χ4n) is 7.53. The molecule has 0 amide bonds. The molecule has 0 N–H and O–H groups in total. The summed E-state index contributed by atoms with van der Waals surface area (Å²) in [6.45, 7) is 0. The maximum absolute atomic E-state index is 6.32. The molecule has 0 radical (unpaired) electrons. The van der Waals surface area contributed by atoms with Crippen molar-refractivity contribution < 1.29 is 4.74 Å². The van der Waals surface area contributed by atoms with Gasteiger partial charge in [0.1, 0.15) is 11.5 Å². The highest BCUT2D eigenvalue weighted by atomic mass is 32.1. The van der Waals surface area contributed by atoms with E-state index in [1.807, 2.05) is 41.7 Å². The summed E-state index contributed by atoms with van der Waals surface area (Å²) in [5.74, 6) is 2.27. The van der Waals surface area contributed by atoms with Crippen LogP contribution in [-0.2, 0) is 0 Å². The second-order valence-electron chi connectivity index (χ2n) is 11.7. The Hall–Kier alpha value is -5.78. The molecule has 5 heteroatoms. The number of ether oxygens (including phenoxy) is 1. The molecule has 45 heavy (non-hydrogen) atoms. The van der Waals surface area contributed by atoms with Crippen LogP contribution in [0.4, 0.5) is 0 Å². The van der Waals surface area contributed by atoms with Crippen molar-refractivity contribution in [2.45, 2.75) is 0 Å². The average molecular weight is 592 g/mol. The number of thiophene rings is 1. The quantitative estimate of drug-likeness (QED) is 0.191. The van der Waals surface area contributed by atoms with Gasteiger partial charge < -0.3 is 4.74 Å². The van der Waals surface area contributed by atoms with Gasteiger partial charge in [0.25, 0.3) is 0 Å². The van der Waals surface area contributed by atoms with E-state index in [1.165, 1.54) is 52.5 Å². The van der Waals surface area contributed by atoms with Gasteiger partial charge in [-0.2, -0.15) is 0 Å². The van der Waals surface area contributed by atoms with Crippen LogP contribution in [0.25, 0.3) is 91.6 Å². The first kappa shape index (κ1) is 23.6. The standard InChI is InChI=1S/C40H21N3OS/c1-2-11-23-22(10-1)20-21-29-34(23)35-25-13-4-3-12-24(25)33-27-15-6-8-19-32(27)45-39(33)38(35)43(29)40-41-28-16-9-18-31-36(28)37(42-40)26-14-5-7-17-30(26)44-31/h1-21H. The normalized spacial score (nSPS) is 12.6. The number of nitrogens with zero attached hydrogens (tertiary/aromatic N) is 3. The third-order valence-corrected chi connectivity index (χ3v) is 10.5. The third-order valence-electron chi connectivity index (χ3n) is 9.37. The van der Waals surface area contributed by atoms with E-state index in [-0.39, 0.29) is 0 Å². The van der Waals surface area contributed by atoms with Crippen LogP contribution in [0.2, 0.25) is 0 Å². The van der Waals surface area contributed by atoms with Gasteiger partial charge in [0, 0.05) is 31.8 Å². The van der Waals surface area contributed by atoms with Crippen molar-refractivity contribution in [3.8, 4) is 28.7 Å². The van der Waals surface area contributed by atoms with Gasteiger partial charge in [-0.15, -0.1) is 11.3 Å². The molecule has 0 fully saturated rings. The minimum absolute atomic E-state index is 0.663. The van der Waals surface area contributed by atoms with Gasteiger partial charge in [0.05, 0.1) is 32.3 Å². The number of rotatable bonds is 1. The van der Waals surface area contributed by atoms with Gasteiger partial charge >= 0.3 is 0 Å². The summed E-state index contributed by atoms with van der Waals surface area (Å²) in [4.78, 5) is 10.7. The van der Waals surface area contributed by atoms with Crippen molar-refractivity contribution >= 4 is 85.8 Å². The van der Waals surface area contributed by atoms with Crippen LogP contribution in [0.1, 0.15) is 0 Å². The Morgan fingerprint density at radius 3 is 2.18 bits per heavy atom. The van der Waals surface area contributed by atoms with Crippen LogP contribution in [0, 0.1) is 0 Å². The summed E-state index contributed by atoms with van der Waals surface area (Å²) in [6.07, 6.45) is 0. The van der Waals surface area contributed by atoms with E-state index in [1.54, 1.807) is 0 Å². The summed E-state index contributed by atoms with van der Waals surface area (Å²) < 4.78 is 11.2. The molecule has 0 spiro atoms. The second-order valence-corrected chi connectivity index (χ2v) is 12.8. The third kappa shape index (κ3) is 3.00. The molecule has 0 saturated carbocycles. The topological polar surface area (TPSA) is 39.9 Å². The Bertz CT molecular complexity index is 2920. The molecule has 0 unspecified atom stereocenters. The number of para-hydroxylation sites is 1. The highest BCUT2D eigenvalue weighted by Crippen LogP contribution is 2.50. The van der Waals surface area contributed by atoms with Crippen molar-refractivity contribution in [1.82, 2.24) is 14.5 Å². The first-order chi connectivity index (χ1) is 22.3. The molecule has 3 aromatic heterocycles. The van der Waals surface area contributed by atoms with Crippen molar-refractivity contribution in [1.29, 1.82) is 0 Å². The number of hydrogen-bond donors (Lipinski definition) is 0. The lowest BCUT2D eigenvalue weighted by molar-refractivity contribution is 0.486. The minimum Gasteiger partial charge on any atom is -0.456 e. The van der Waals surface area contributed by atoms with Gasteiger partial charge in [0.15, 0.2) is 0 Å². The zero-order valence-electron chi connectivity index (χ0n) is 23.8. The van der Waals surface area contributed by atoms with Crippen molar-refractivity contribution in [2.24, 2.45) is 0 Å². The monoisotopic (exact) mass is 591 g/mol. The lowest BCUT2D eigenvalue weighted by atomic mass is 9.97. The summed E-state index contributed by atoms with van der Waals surface area (Å²) in [7, 11) is 0. The Morgan fingerprint density at radius 1 is 0.533 bits per heavy atom. The second kappa shape index (κ2) is 8.44. The van der Waals surface area contributed by atoms with E-state index in [0.29, 0.717) is 5.95 Å². The van der Waals surface area contributed by atoms with E-state index < -0.39 is 0 Å². The SMILES string of the molecule is c1ccc2c(c1)Oc1cccc3nc(-n4c5ccc6ccccc6c5c5c6ccccc6c6c7ccccc7sc6c54)nc-2c13. The zero-order valence-corrected chi connectivity index (χ0v) is 24.6. The van der Waals surface area contributed by atoms with E-state index in [2.05, 4.69) is 102 Å².